The highest BCUT2D eigenvalue weighted by molar-refractivity contribution is 6.33. The summed E-state index contributed by atoms with van der Waals surface area (Å²) < 4.78 is 19.3. The SMILES string of the molecule is COC(=O)c1ccc(Cl)c2c1C1C=CCC1C(c1ccccc1F)N2. The number of hydrogen-bond acceptors (Lipinski definition) is 3. The minimum atomic E-state index is -0.391. The summed E-state index contributed by atoms with van der Waals surface area (Å²) in [6.07, 6.45) is 4.98. The Kier molecular flexibility index (Phi) is 4.00. The molecule has 0 fully saturated rings. The highest BCUT2D eigenvalue weighted by atomic mass is 35.5. The van der Waals surface area contributed by atoms with Gasteiger partial charge in [0.25, 0.3) is 0 Å². The van der Waals surface area contributed by atoms with Crippen LogP contribution in [0.15, 0.2) is 48.6 Å². The highest BCUT2D eigenvalue weighted by Gasteiger charge is 2.41. The maximum atomic E-state index is 14.4. The standard InChI is InChI=1S/C20H17ClFNO2/c1-25-20(24)14-9-10-15(21)19-17(14)11-6-4-7-12(11)18(23-19)13-5-2-3-8-16(13)22/h2-6,8-12,18,23H,7H2,1H3. The lowest BCUT2D eigenvalue weighted by Crippen LogP contribution is -2.31. The number of fused-ring (bicyclic) bond motifs is 3. The second-order valence-electron chi connectivity index (χ2n) is 6.37. The van der Waals surface area contributed by atoms with Crippen molar-refractivity contribution >= 4 is 23.3 Å². The van der Waals surface area contributed by atoms with E-state index in [9.17, 15) is 9.18 Å². The molecule has 0 bridgehead atoms. The molecule has 3 atom stereocenters. The number of rotatable bonds is 2. The van der Waals surface area contributed by atoms with Gasteiger partial charge in [0.1, 0.15) is 5.82 Å². The fourth-order valence-corrected chi connectivity index (χ4v) is 4.22. The minimum Gasteiger partial charge on any atom is -0.465 e. The minimum absolute atomic E-state index is 0.00587. The van der Waals surface area contributed by atoms with E-state index in [1.807, 2.05) is 6.07 Å². The van der Waals surface area contributed by atoms with E-state index in [1.54, 1.807) is 24.3 Å². The highest BCUT2D eigenvalue weighted by Crippen LogP contribution is 2.52. The third kappa shape index (κ3) is 2.52. The van der Waals surface area contributed by atoms with E-state index < -0.39 is 5.97 Å². The predicted molar refractivity (Wildman–Crippen MR) is 95.5 cm³/mol. The summed E-state index contributed by atoms with van der Waals surface area (Å²) in [5.41, 5.74) is 2.64. The van der Waals surface area contributed by atoms with Crippen molar-refractivity contribution in [2.24, 2.45) is 5.92 Å². The van der Waals surface area contributed by atoms with Crippen molar-refractivity contribution in [1.82, 2.24) is 0 Å². The zero-order chi connectivity index (χ0) is 17.6. The molecule has 3 unspecified atom stereocenters. The molecule has 0 aromatic heterocycles. The van der Waals surface area contributed by atoms with Crippen molar-refractivity contribution in [1.29, 1.82) is 0 Å². The Hall–Kier alpha value is -2.33. The molecule has 1 heterocycles. The molecule has 1 aliphatic heterocycles. The van der Waals surface area contributed by atoms with Crippen LogP contribution in [0.4, 0.5) is 10.1 Å². The lowest BCUT2D eigenvalue weighted by molar-refractivity contribution is 0.0598. The van der Waals surface area contributed by atoms with Gasteiger partial charge >= 0.3 is 5.97 Å². The summed E-state index contributed by atoms with van der Waals surface area (Å²) in [4.78, 5) is 12.2. The molecule has 25 heavy (non-hydrogen) atoms. The second kappa shape index (κ2) is 6.19. The molecule has 2 aromatic carbocycles. The lowest BCUT2D eigenvalue weighted by Gasteiger charge is -2.38. The number of benzene rings is 2. The number of halogens is 2. The van der Waals surface area contributed by atoms with Gasteiger partial charge in [-0.25, -0.2) is 9.18 Å². The maximum absolute atomic E-state index is 14.4. The van der Waals surface area contributed by atoms with Gasteiger partial charge in [-0.2, -0.15) is 0 Å². The molecule has 3 nitrogen and oxygen atoms in total. The Balaban J connectivity index is 1.89. The summed E-state index contributed by atoms with van der Waals surface area (Å²) in [6.45, 7) is 0. The Bertz CT molecular complexity index is 880. The van der Waals surface area contributed by atoms with Gasteiger partial charge in [0.15, 0.2) is 0 Å². The van der Waals surface area contributed by atoms with Crippen LogP contribution < -0.4 is 5.32 Å². The van der Waals surface area contributed by atoms with Crippen LogP contribution in [0.25, 0.3) is 0 Å². The molecule has 0 spiro atoms. The van der Waals surface area contributed by atoms with E-state index >= 15 is 0 Å². The quantitative estimate of drug-likeness (QED) is 0.600. The molecule has 1 N–H and O–H groups in total. The van der Waals surface area contributed by atoms with Crippen molar-refractivity contribution in [3.63, 3.8) is 0 Å². The first-order valence-electron chi connectivity index (χ1n) is 8.20. The van der Waals surface area contributed by atoms with Gasteiger partial charge in [-0.15, -0.1) is 0 Å². The van der Waals surface area contributed by atoms with Crippen LogP contribution in [0.5, 0.6) is 0 Å². The Labute approximate surface area is 150 Å². The first-order chi connectivity index (χ1) is 12.1. The smallest absolute Gasteiger partial charge is 0.338 e. The number of carbonyl (C=O) groups excluding carboxylic acids is 1. The summed E-state index contributed by atoms with van der Waals surface area (Å²) in [5.74, 6) is -0.521. The van der Waals surface area contributed by atoms with Gasteiger partial charge in [-0.1, -0.05) is 42.0 Å². The van der Waals surface area contributed by atoms with E-state index in [1.165, 1.54) is 13.2 Å². The lowest BCUT2D eigenvalue weighted by atomic mass is 9.75. The molecule has 0 saturated heterocycles. The molecule has 2 aromatic rings. The van der Waals surface area contributed by atoms with Crippen LogP contribution in [0, 0.1) is 11.7 Å². The van der Waals surface area contributed by atoms with Crippen LogP contribution in [0.2, 0.25) is 5.02 Å². The van der Waals surface area contributed by atoms with Gasteiger partial charge in [0.2, 0.25) is 0 Å². The van der Waals surface area contributed by atoms with Crippen LogP contribution in [0.1, 0.15) is 39.9 Å². The first-order valence-corrected chi connectivity index (χ1v) is 8.58. The molecular formula is C20H17ClFNO2. The monoisotopic (exact) mass is 357 g/mol. The zero-order valence-corrected chi connectivity index (χ0v) is 14.4. The van der Waals surface area contributed by atoms with E-state index in [0.29, 0.717) is 21.8 Å². The summed E-state index contributed by atoms with van der Waals surface area (Å²) >= 11 is 6.41. The Morgan fingerprint density at radius 3 is 2.84 bits per heavy atom. The van der Waals surface area contributed by atoms with Crippen molar-refractivity contribution in [3.8, 4) is 0 Å². The zero-order valence-electron chi connectivity index (χ0n) is 13.6. The largest absolute Gasteiger partial charge is 0.465 e. The van der Waals surface area contributed by atoms with Gasteiger partial charge in [-0.05, 0) is 36.1 Å². The summed E-state index contributed by atoms with van der Waals surface area (Å²) in [6, 6.07) is 9.95. The molecule has 128 valence electrons. The number of esters is 1. The third-order valence-corrected chi connectivity index (χ3v) is 5.43. The van der Waals surface area contributed by atoms with Gasteiger partial charge < -0.3 is 10.1 Å². The molecule has 5 heteroatoms. The number of allylic oxidation sites excluding steroid dienone is 2. The maximum Gasteiger partial charge on any atom is 0.338 e. The average molecular weight is 358 g/mol. The molecule has 4 rings (SSSR count). The Morgan fingerprint density at radius 2 is 2.08 bits per heavy atom. The van der Waals surface area contributed by atoms with Crippen LogP contribution in [-0.4, -0.2) is 13.1 Å². The van der Waals surface area contributed by atoms with Crippen molar-refractivity contribution < 1.29 is 13.9 Å². The topological polar surface area (TPSA) is 38.3 Å². The molecular weight excluding hydrogens is 341 g/mol. The molecule has 2 aliphatic rings. The van der Waals surface area contributed by atoms with Crippen LogP contribution in [-0.2, 0) is 4.74 Å². The van der Waals surface area contributed by atoms with Gasteiger partial charge in [0.05, 0.1) is 29.4 Å². The van der Waals surface area contributed by atoms with Crippen LogP contribution >= 0.6 is 11.6 Å². The molecule has 0 saturated carbocycles. The summed E-state index contributed by atoms with van der Waals surface area (Å²) in [5, 5.41) is 3.91. The van der Waals surface area contributed by atoms with Crippen LogP contribution in [0.3, 0.4) is 0 Å². The number of methoxy groups -OCH3 is 1. The number of ether oxygens (including phenoxy) is 1. The number of anilines is 1. The average Bonchev–Trinajstić information content (AvgIpc) is 3.11. The van der Waals surface area contributed by atoms with E-state index in [4.69, 9.17) is 16.3 Å². The van der Waals surface area contributed by atoms with Gasteiger partial charge in [0, 0.05) is 11.5 Å². The van der Waals surface area contributed by atoms with Crippen molar-refractivity contribution in [3.05, 3.63) is 76.1 Å². The fraction of sp³-hybridized carbons (Fsp3) is 0.250. The first kappa shape index (κ1) is 16.2. The van der Waals surface area contributed by atoms with Crippen molar-refractivity contribution in [2.45, 2.75) is 18.4 Å². The molecule has 0 radical (unpaired) electrons. The van der Waals surface area contributed by atoms with E-state index in [2.05, 4.69) is 17.5 Å². The van der Waals surface area contributed by atoms with E-state index in [-0.39, 0.29) is 23.7 Å². The number of hydrogen-bond donors (Lipinski definition) is 1. The van der Waals surface area contributed by atoms with E-state index in [0.717, 1.165) is 12.0 Å². The predicted octanol–water partition coefficient (Wildman–Crippen LogP) is 5.09. The number of carbonyl (C=O) groups is 1. The number of nitrogens with one attached hydrogen (secondary N) is 1. The third-order valence-electron chi connectivity index (χ3n) is 5.11. The normalized spacial score (nSPS) is 23.6. The second-order valence-corrected chi connectivity index (χ2v) is 6.78. The fourth-order valence-electron chi connectivity index (χ4n) is 4.00. The molecule has 1 aliphatic carbocycles. The Morgan fingerprint density at radius 1 is 1.28 bits per heavy atom. The summed E-state index contributed by atoms with van der Waals surface area (Å²) in [7, 11) is 1.36. The van der Waals surface area contributed by atoms with Gasteiger partial charge in [-0.3, -0.25) is 0 Å². The molecule has 0 amide bonds. The van der Waals surface area contributed by atoms with Crippen molar-refractivity contribution in [2.75, 3.05) is 12.4 Å².